The quantitative estimate of drug-likeness (QED) is 0.424. The standard InChI is InChI=1S/C8H7O/c1-6-4-3-5-7(2)8(6)9/h3-5H,1-2H2/q-1. The number of rotatable bonds is 0. The number of para-hydroxylation sites is 1. The van der Waals surface area contributed by atoms with E-state index in [2.05, 4.69) is 13.2 Å². The van der Waals surface area contributed by atoms with E-state index in [1.807, 2.05) is 0 Å². The molecule has 0 aliphatic heterocycles. The van der Waals surface area contributed by atoms with E-state index in [1.165, 1.54) is 0 Å². The van der Waals surface area contributed by atoms with Crippen molar-refractivity contribution in [3.63, 3.8) is 0 Å². The molecule has 0 fully saturated rings. The summed E-state index contributed by atoms with van der Waals surface area (Å²) in [7, 11) is 0. The van der Waals surface area contributed by atoms with Gasteiger partial charge in [-0.25, -0.2) is 0 Å². The lowest BCUT2D eigenvalue weighted by Crippen LogP contribution is -2.35. The second kappa shape index (κ2) is 1.94. The minimum absolute atomic E-state index is 0.0579. The smallest absolute Gasteiger partial charge is 0.0977 e. The zero-order chi connectivity index (χ0) is 6.85. The first-order valence-electron chi connectivity index (χ1n) is 2.66. The number of benzene rings is 1. The Balaban J connectivity index is 3.85. The zero-order valence-corrected chi connectivity index (χ0v) is 5.05. The second-order valence-corrected chi connectivity index (χ2v) is 1.91. The van der Waals surface area contributed by atoms with Gasteiger partial charge in [0.05, 0.1) is 5.43 Å². The molecule has 1 aromatic carbocycles. The maximum absolute atomic E-state index is 10.8. The molecule has 0 saturated carbocycles. The zero-order valence-electron chi connectivity index (χ0n) is 5.05. The normalized spacial score (nSPS) is 9.33. The molecule has 0 aromatic heterocycles. The fraction of sp³-hybridized carbons (Fsp3) is 0. The third kappa shape index (κ3) is 0.941. The highest BCUT2D eigenvalue weighted by atomic mass is 16.1. The molecule has 0 atom stereocenters. The molecule has 46 valence electrons. The number of hydrogen-bond donors (Lipinski definition) is 0. The summed E-state index contributed by atoms with van der Waals surface area (Å²) in [5.41, 5.74) is -0.0579. The molecule has 1 aromatic rings. The van der Waals surface area contributed by atoms with E-state index in [1.54, 1.807) is 18.2 Å². The van der Waals surface area contributed by atoms with Crippen LogP contribution in [0.3, 0.4) is 0 Å². The maximum Gasteiger partial charge on any atom is 0.0977 e. The Morgan fingerprint density at radius 1 is 1.44 bits per heavy atom. The van der Waals surface area contributed by atoms with Crippen molar-refractivity contribution in [1.82, 2.24) is 0 Å². The van der Waals surface area contributed by atoms with E-state index in [9.17, 15) is 4.79 Å². The molecule has 1 rings (SSSR count). The van der Waals surface area contributed by atoms with Crippen molar-refractivity contribution in [2.75, 3.05) is 0 Å². The van der Waals surface area contributed by atoms with Crippen molar-refractivity contribution < 1.29 is 0 Å². The summed E-state index contributed by atoms with van der Waals surface area (Å²) in [6.45, 7) is 7.06. The topological polar surface area (TPSA) is 17.1 Å². The molecule has 0 radical (unpaired) electrons. The first-order valence-corrected chi connectivity index (χ1v) is 2.66. The van der Waals surface area contributed by atoms with Crippen LogP contribution in [-0.4, -0.2) is 0 Å². The fourth-order valence-corrected chi connectivity index (χ4v) is 0.638. The minimum Gasteiger partial charge on any atom is -0.347 e. The van der Waals surface area contributed by atoms with Crippen LogP contribution in [0, 0.1) is 0 Å². The van der Waals surface area contributed by atoms with Gasteiger partial charge in [-0.1, -0.05) is 5.22 Å². The van der Waals surface area contributed by atoms with Gasteiger partial charge >= 0.3 is 0 Å². The summed E-state index contributed by atoms with van der Waals surface area (Å²) in [5.74, 6) is 0. The van der Waals surface area contributed by atoms with Crippen LogP contribution in [-0.2, 0) is 0 Å². The molecule has 0 saturated heterocycles. The van der Waals surface area contributed by atoms with Gasteiger partial charge < -0.3 is 4.79 Å². The molecule has 0 aliphatic carbocycles. The van der Waals surface area contributed by atoms with Crippen molar-refractivity contribution in [3.8, 4) is 0 Å². The Morgan fingerprint density at radius 2 is 2.11 bits per heavy atom. The van der Waals surface area contributed by atoms with E-state index >= 15 is 0 Å². The predicted molar refractivity (Wildman–Crippen MR) is 38.6 cm³/mol. The van der Waals surface area contributed by atoms with Gasteiger partial charge in [-0.3, -0.25) is 0 Å². The average molecular weight is 119 g/mol. The summed E-state index contributed by atoms with van der Waals surface area (Å²) in [6, 6.07) is 5.13. The third-order valence-electron chi connectivity index (χ3n) is 1.18. The van der Waals surface area contributed by atoms with Crippen LogP contribution in [0.4, 0.5) is 0 Å². The van der Waals surface area contributed by atoms with Crippen molar-refractivity contribution in [1.29, 1.82) is 0 Å². The van der Waals surface area contributed by atoms with Crippen LogP contribution >= 0.6 is 0 Å². The van der Waals surface area contributed by atoms with Crippen molar-refractivity contribution in [2.24, 2.45) is 0 Å². The third-order valence-corrected chi connectivity index (χ3v) is 1.18. The van der Waals surface area contributed by atoms with Crippen molar-refractivity contribution >= 4 is 13.2 Å². The van der Waals surface area contributed by atoms with Crippen LogP contribution in [0.5, 0.6) is 0 Å². The minimum atomic E-state index is -0.0579. The van der Waals surface area contributed by atoms with Gasteiger partial charge in [-0.2, -0.15) is 6.58 Å². The van der Waals surface area contributed by atoms with E-state index < -0.39 is 0 Å². The van der Waals surface area contributed by atoms with Crippen LogP contribution < -0.4 is 15.9 Å². The van der Waals surface area contributed by atoms with Gasteiger partial charge in [0.25, 0.3) is 0 Å². The van der Waals surface area contributed by atoms with Gasteiger partial charge in [-0.15, -0.1) is 30.0 Å². The van der Waals surface area contributed by atoms with Crippen molar-refractivity contribution in [2.45, 2.75) is 0 Å². The van der Waals surface area contributed by atoms with E-state index in [0.29, 0.717) is 10.4 Å². The summed E-state index contributed by atoms with van der Waals surface area (Å²) < 4.78 is 0. The van der Waals surface area contributed by atoms with Gasteiger partial charge in [0.1, 0.15) is 0 Å². The highest BCUT2D eigenvalue weighted by Gasteiger charge is 1.73. The van der Waals surface area contributed by atoms with E-state index in [4.69, 9.17) is 0 Å². The Bertz CT molecular complexity index is 314. The predicted octanol–water partition coefficient (Wildman–Crippen LogP) is -0.414. The molecule has 0 spiro atoms. The van der Waals surface area contributed by atoms with Crippen molar-refractivity contribution in [3.05, 3.63) is 38.9 Å². The molecule has 9 heavy (non-hydrogen) atoms. The first kappa shape index (κ1) is 5.89. The SMILES string of the molecule is C=c1cc[cH-]c(=C)c1=O. The summed E-state index contributed by atoms with van der Waals surface area (Å²) in [4.78, 5) is 10.8. The fourth-order valence-electron chi connectivity index (χ4n) is 0.638. The molecule has 0 aliphatic rings. The Hall–Kier alpha value is -1.24. The van der Waals surface area contributed by atoms with Crippen LogP contribution in [0.15, 0.2) is 23.0 Å². The van der Waals surface area contributed by atoms with Crippen LogP contribution in [0.1, 0.15) is 0 Å². The second-order valence-electron chi connectivity index (χ2n) is 1.91. The summed E-state index contributed by atoms with van der Waals surface area (Å²) >= 11 is 0. The monoisotopic (exact) mass is 119 g/mol. The molecular formula is C8H7O-. The molecule has 0 heterocycles. The molecule has 0 amide bonds. The van der Waals surface area contributed by atoms with Gasteiger partial charge in [0.15, 0.2) is 0 Å². The van der Waals surface area contributed by atoms with E-state index in [-0.39, 0.29) is 5.43 Å². The van der Waals surface area contributed by atoms with Gasteiger partial charge in [-0.05, 0) is 0 Å². The van der Waals surface area contributed by atoms with Gasteiger partial charge in [0.2, 0.25) is 0 Å². The molecule has 1 heteroatoms. The molecular weight excluding hydrogens is 112 g/mol. The lowest BCUT2D eigenvalue weighted by Gasteiger charge is -1.87. The number of hydrogen-bond acceptors (Lipinski definition) is 1. The lowest BCUT2D eigenvalue weighted by atomic mass is 10.3. The molecule has 1 nitrogen and oxygen atoms in total. The largest absolute Gasteiger partial charge is 0.347 e. The van der Waals surface area contributed by atoms with Crippen LogP contribution in [0.2, 0.25) is 0 Å². The molecule has 0 N–H and O–H groups in total. The van der Waals surface area contributed by atoms with E-state index in [0.717, 1.165) is 0 Å². The highest BCUT2D eigenvalue weighted by Crippen LogP contribution is 1.59. The summed E-state index contributed by atoms with van der Waals surface area (Å²) in [5, 5.41) is 1.03. The van der Waals surface area contributed by atoms with Crippen LogP contribution in [0.25, 0.3) is 13.2 Å². The molecule has 0 bridgehead atoms. The average Bonchev–Trinajstić information content (AvgIpc) is 1.83. The molecule has 0 unspecified atom stereocenters. The summed E-state index contributed by atoms with van der Waals surface area (Å²) in [6.07, 6.45) is 0. The van der Waals surface area contributed by atoms with Gasteiger partial charge in [0, 0.05) is 0 Å². The Kier molecular flexibility index (Phi) is 1.27. The Morgan fingerprint density at radius 3 is 2.56 bits per heavy atom. The lowest BCUT2D eigenvalue weighted by molar-refractivity contribution is 1.45. The highest BCUT2D eigenvalue weighted by molar-refractivity contribution is 5.14. The Labute approximate surface area is 52.9 Å². The maximum atomic E-state index is 10.8. The first-order chi connectivity index (χ1) is 4.22.